The minimum atomic E-state index is -0.464. The lowest BCUT2D eigenvalue weighted by Gasteiger charge is -2.09. The summed E-state index contributed by atoms with van der Waals surface area (Å²) in [5, 5.41) is 0. The van der Waals surface area contributed by atoms with Gasteiger partial charge in [-0.1, -0.05) is 64.5 Å². The van der Waals surface area contributed by atoms with E-state index < -0.39 is 11.9 Å². The van der Waals surface area contributed by atoms with E-state index in [-0.39, 0.29) is 0 Å². The third-order valence-electron chi connectivity index (χ3n) is 5.83. The number of benzene rings is 3. The molecule has 0 saturated carbocycles. The van der Waals surface area contributed by atoms with Crippen molar-refractivity contribution in [2.45, 2.75) is 65.2 Å². The van der Waals surface area contributed by atoms with E-state index in [0.29, 0.717) is 29.2 Å². The summed E-state index contributed by atoms with van der Waals surface area (Å²) in [4.78, 5) is 24.9. The highest BCUT2D eigenvalue weighted by molar-refractivity contribution is 5.92. The molecule has 0 atom stereocenters. The molecular formula is C31H36O5. The summed E-state index contributed by atoms with van der Waals surface area (Å²) in [5.41, 5.74) is 2.12. The lowest BCUT2D eigenvalue weighted by molar-refractivity contribution is 0.0719. The summed E-state index contributed by atoms with van der Waals surface area (Å²) in [6.45, 7) is 5.01. The second-order valence-corrected chi connectivity index (χ2v) is 8.84. The number of hydrogen-bond acceptors (Lipinski definition) is 5. The first-order chi connectivity index (χ1) is 17.6. The zero-order valence-corrected chi connectivity index (χ0v) is 21.3. The first kappa shape index (κ1) is 27.0. The van der Waals surface area contributed by atoms with Gasteiger partial charge >= 0.3 is 11.9 Å². The van der Waals surface area contributed by atoms with Crippen LogP contribution in [0, 0.1) is 0 Å². The Morgan fingerprint density at radius 3 is 1.56 bits per heavy atom. The molecule has 5 heteroatoms. The van der Waals surface area contributed by atoms with Crippen molar-refractivity contribution in [1.29, 1.82) is 0 Å². The molecule has 3 rings (SSSR count). The quantitative estimate of drug-likeness (QED) is 0.131. The lowest BCUT2D eigenvalue weighted by atomic mass is 10.1. The molecule has 3 aromatic rings. The molecule has 0 N–H and O–H groups in total. The molecule has 190 valence electrons. The molecule has 0 radical (unpaired) electrons. The van der Waals surface area contributed by atoms with E-state index in [0.717, 1.165) is 25.0 Å². The highest BCUT2D eigenvalue weighted by atomic mass is 16.5. The van der Waals surface area contributed by atoms with Crippen LogP contribution < -0.4 is 14.2 Å². The summed E-state index contributed by atoms with van der Waals surface area (Å²) in [6.07, 6.45) is 9.32. The monoisotopic (exact) mass is 488 g/mol. The molecule has 5 nitrogen and oxygen atoms in total. The van der Waals surface area contributed by atoms with Gasteiger partial charge in [-0.05, 0) is 79.1 Å². The smallest absolute Gasteiger partial charge is 0.343 e. The molecule has 36 heavy (non-hydrogen) atoms. The highest BCUT2D eigenvalue weighted by Crippen LogP contribution is 2.21. The van der Waals surface area contributed by atoms with E-state index >= 15 is 0 Å². The van der Waals surface area contributed by atoms with Gasteiger partial charge in [0, 0.05) is 0 Å². The minimum absolute atomic E-state index is 0.368. The third-order valence-corrected chi connectivity index (χ3v) is 5.83. The molecule has 3 aromatic carbocycles. The number of carbonyl (C=O) groups is 2. The molecule has 0 aliphatic rings. The number of ether oxygens (including phenoxy) is 3. The molecule has 0 bridgehead atoms. The van der Waals surface area contributed by atoms with Crippen LogP contribution in [0.3, 0.4) is 0 Å². The van der Waals surface area contributed by atoms with Crippen LogP contribution in [0.2, 0.25) is 0 Å². The summed E-state index contributed by atoms with van der Waals surface area (Å²) in [5.74, 6) is 0.596. The first-order valence-corrected chi connectivity index (χ1v) is 12.9. The normalized spacial score (nSPS) is 10.6. The van der Waals surface area contributed by atoms with Crippen molar-refractivity contribution in [3.05, 3.63) is 89.5 Å². The van der Waals surface area contributed by atoms with Crippen LogP contribution in [-0.4, -0.2) is 18.5 Å². The molecule has 0 aromatic heterocycles. The van der Waals surface area contributed by atoms with Crippen LogP contribution in [0.4, 0.5) is 0 Å². The number of rotatable bonds is 14. The topological polar surface area (TPSA) is 61.8 Å². The SMILES string of the molecule is CCCCCCCCOc1ccc(C(=O)Oc2ccc(OC(=O)c3ccc(CCC)cc3)cc2)cc1. The van der Waals surface area contributed by atoms with Crippen molar-refractivity contribution < 1.29 is 23.8 Å². The predicted octanol–water partition coefficient (Wildman–Crippen LogP) is 7.82. The van der Waals surface area contributed by atoms with Gasteiger partial charge in [-0.3, -0.25) is 0 Å². The maximum Gasteiger partial charge on any atom is 0.343 e. The zero-order valence-electron chi connectivity index (χ0n) is 21.3. The number of hydrogen-bond donors (Lipinski definition) is 0. The van der Waals surface area contributed by atoms with E-state index in [2.05, 4.69) is 13.8 Å². The van der Waals surface area contributed by atoms with Crippen molar-refractivity contribution in [3.8, 4) is 17.2 Å². The van der Waals surface area contributed by atoms with Gasteiger partial charge < -0.3 is 14.2 Å². The highest BCUT2D eigenvalue weighted by Gasteiger charge is 2.11. The molecule has 0 fully saturated rings. The molecule has 0 unspecified atom stereocenters. The molecule has 0 aliphatic carbocycles. The van der Waals surface area contributed by atoms with Crippen LogP contribution >= 0.6 is 0 Å². The Kier molecular flexibility index (Phi) is 11.0. The molecule has 0 saturated heterocycles. The second-order valence-electron chi connectivity index (χ2n) is 8.84. The number of unbranched alkanes of at least 4 members (excludes halogenated alkanes) is 5. The van der Waals surface area contributed by atoms with Crippen LogP contribution in [0.25, 0.3) is 0 Å². The van der Waals surface area contributed by atoms with E-state index in [1.165, 1.54) is 37.7 Å². The fourth-order valence-electron chi connectivity index (χ4n) is 3.76. The van der Waals surface area contributed by atoms with Gasteiger partial charge in [0.2, 0.25) is 0 Å². The van der Waals surface area contributed by atoms with Crippen LogP contribution in [-0.2, 0) is 6.42 Å². The molecule has 0 amide bonds. The fourth-order valence-corrected chi connectivity index (χ4v) is 3.76. The van der Waals surface area contributed by atoms with Crippen LogP contribution in [0.15, 0.2) is 72.8 Å². The Bertz CT molecular complexity index is 1070. The average Bonchev–Trinajstić information content (AvgIpc) is 2.90. The second kappa shape index (κ2) is 14.7. The molecular weight excluding hydrogens is 452 g/mol. The van der Waals surface area contributed by atoms with E-state index in [1.54, 1.807) is 60.7 Å². The van der Waals surface area contributed by atoms with Crippen LogP contribution in [0.5, 0.6) is 17.2 Å². The largest absolute Gasteiger partial charge is 0.494 e. The molecule has 0 aliphatic heterocycles. The van der Waals surface area contributed by atoms with Gasteiger partial charge in [-0.2, -0.15) is 0 Å². The Balaban J connectivity index is 1.44. The summed E-state index contributed by atoms with van der Waals surface area (Å²) in [7, 11) is 0. The van der Waals surface area contributed by atoms with E-state index in [1.807, 2.05) is 12.1 Å². The van der Waals surface area contributed by atoms with Gasteiger partial charge in [-0.15, -0.1) is 0 Å². The number of aryl methyl sites for hydroxylation is 1. The van der Waals surface area contributed by atoms with Gasteiger partial charge in [0.25, 0.3) is 0 Å². The Morgan fingerprint density at radius 2 is 1.03 bits per heavy atom. The number of carbonyl (C=O) groups excluding carboxylic acids is 2. The number of esters is 2. The molecule has 0 heterocycles. The van der Waals surface area contributed by atoms with Crippen LogP contribution in [0.1, 0.15) is 85.1 Å². The van der Waals surface area contributed by atoms with Gasteiger partial charge in [-0.25, -0.2) is 9.59 Å². The van der Waals surface area contributed by atoms with Crippen molar-refractivity contribution in [3.63, 3.8) is 0 Å². The zero-order chi connectivity index (χ0) is 25.6. The van der Waals surface area contributed by atoms with Gasteiger partial charge in [0.15, 0.2) is 0 Å². The Hall–Kier alpha value is -3.60. The summed E-state index contributed by atoms with van der Waals surface area (Å²) in [6, 6.07) is 20.8. The maximum atomic E-state index is 12.5. The fraction of sp³-hybridized carbons (Fsp3) is 0.355. The van der Waals surface area contributed by atoms with Crippen molar-refractivity contribution >= 4 is 11.9 Å². The van der Waals surface area contributed by atoms with Gasteiger partial charge in [0.05, 0.1) is 17.7 Å². The van der Waals surface area contributed by atoms with E-state index in [9.17, 15) is 9.59 Å². The maximum absolute atomic E-state index is 12.5. The minimum Gasteiger partial charge on any atom is -0.494 e. The van der Waals surface area contributed by atoms with Crippen molar-refractivity contribution in [2.75, 3.05) is 6.61 Å². The van der Waals surface area contributed by atoms with Gasteiger partial charge in [0.1, 0.15) is 17.2 Å². The third kappa shape index (κ3) is 8.88. The van der Waals surface area contributed by atoms with Crippen molar-refractivity contribution in [2.24, 2.45) is 0 Å². The average molecular weight is 489 g/mol. The standard InChI is InChI=1S/C31H36O5/c1-3-5-6-7-8-9-23-34-27-17-15-26(16-18-27)31(33)36-29-21-19-28(20-22-29)35-30(32)25-13-11-24(10-4-2)12-14-25/h11-22H,3-10,23H2,1-2H3. The Morgan fingerprint density at radius 1 is 0.556 bits per heavy atom. The van der Waals surface area contributed by atoms with E-state index in [4.69, 9.17) is 14.2 Å². The summed E-state index contributed by atoms with van der Waals surface area (Å²) >= 11 is 0. The first-order valence-electron chi connectivity index (χ1n) is 12.9. The Labute approximate surface area is 214 Å². The predicted molar refractivity (Wildman–Crippen MR) is 142 cm³/mol. The lowest BCUT2D eigenvalue weighted by Crippen LogP contribution is -2.09. The molecule has 0 spiro atoms. The summed E-state index contributed by atoms with van der Waals surface area (Å²) < 4.78 is 16.6. The van der Waals surface area contributed by atoms with Crippen molar-refractivity contribution in [1.82, 2.24) is 0 Å².